The molecule has 5 heteroatoms. The number of hydrogen-bond donors (Lipinski definition) is 0. The van der Waals surface area contributed by atoms with Crippen LogP contribution in [0.4, 0.5) is 0 Å². The van der Waals surface area contributed by atoms with Crippen LogP contribution in [0.1, 0.15) is 0 Å². The normalized spacial score (nSPS) is 11.8. The summed E-state index contributed by atoms with van der Waals surface area (Å²) in [5.41, 5.74) is 6.70. The summed E-state index contributed by atoms with van der Waals surface area (Å²) in [5.74, 6) is 1.86. The topological polar surface area (TPSA) is 51.8 Å². The van der Waals surface area contributed by atoms with Crippen molar-refractivity contribution in [2.24, 2.45) is 0 Å². The highest BCUT2D eigenvalue weighted by Crippen LogP contribution is 2.41. The number of aromatic nitrogens is 3. The summed E-state index contributed by atoms with van der Waals surface area (Å²) >= 11 is 1.84. The minimum Gasteiger partial charge on any atom is -0.456 e. The van der Waals surface area contributed by atoms with Crippen LogP contribution in [0.2, 0.25) is 0 Å². The third-order valence-electron chi connectivity index (χ3n) is 10.1. The zero-order valence-electron chi connectivity index (χ0n) is 27.7. The van der Waals surface area contributed by atoms with Gasteiger partial charge in [-0.3, -0.25) is 0 Å². The van der Waals surface area contributed by atoms with Gasteiger partial charge in [-0.15, -0.1) is 11.3 Å². The fourth-order valence-corrected chi connectivity index (χ4v) is 8.73. The lowest BCUT2D eigenvalue weighted by molar-refractivity contribution is 0.669. The predicted molar refractivity (Wildman–Crippen MR) is 217 cm³/mol. The maximum Gasteiger partial charge on any atom is 0.164 e. The van der Waals surface area contributed by atoms with Gasteiger partial charge in [0, 0.05) is 47.6 Å². The minimum atomic E-state index is 0.604. The molecule has 0 saturated carbocycles. The molecule has 11 rings (SSSR count). The van der Waals surface area contributed by atoms with Gasteiger partial charge >= 0.3 is 0 Å². The lowest BCUT2D eigenvalue weighted by Gasteiger charge is -2.11. The van der Waals surface area contributed by atoms with Crippen LogP contribution in [0.5, 0.6) is 0 Å². The largest absolute Gasteiger partial charge is 0.456 e. The van der Waals surface area contributed by atoms with Crippen molar-refractivity contribution in [1.82, 2.24) is 15.0 Å². The molecule has 0 aliphatic carbocycles. The Balaban J connectivity index is 1.11. The van der Waals surface area contributed by atoms with E-state index in [4.69, 9.17) is 19.4 Å². The van der Waals surface area contributed by atoms with E-state index in [0.29, 0.717) is 17.5 Å². The van der Waals surface area contributed by atoms with E-state index in [9.17, 15) is 0 Å². The lowest BCUT2D eigenvalue weighted by atomic mass is 9.99. The summed E-state index contributed by atoms with van der Waals surface area (Å²) in [5, 5.41) is 9.37. The van der Waals surface area contributed by atoms with Crippen LogP contribution in [-0.4, -0.2) is 15.0 Å². The lowest BCUT2D eigenvalue weighted by Crippen LogP contribution is -2.00. The van der Waals surface area contributed by atoms with E-state index in [1.807, 2.05) is 53.8 Å². The molecule has 0 spiro atoms. The van der Waals surface area contributed by atoms with Crippen LogP contribution in [0, 0.1) is 0 Å². The zero-order chi connectivity index (χ0) is 34.2. The molecule has 11 aromatic rings. The molecule has 0 aliphatic heterocycles. The molecule has 4 nitrogen and oxygen atoms in total. The predicted octanol–water partition coefficient (Wildman–Crippen LogP) is 13.1. The summed E-state index contributed by atoms with van der Waals surface area (Å²) in [6.07, 6.45) is 0. The molecule has 0 unspecified atom stereocenters. The van der Waals surface area contributed by atoms with Crippen LogP contribution in [0.3, 0.4) is 0 Å². The second-order valence-corrected chi connectivity index (χ2v) is 14.3. The van der Waals surface area contributed by atoms with Crippen molar-refractivity contribution in [2.75, 3.05) is 0 Å². The number of nitrogens with zero attached hydrogens (tertiary/aromatic N) is 3. The van der Waals surface area contributed by atoms with Gasteiger partial charge in [-0.25, -0.2) is 15.0 Å². The Bertz CT molecular complexity index is 3200. The van der Waals surface area contributed by atoms with Crippen LogP contribution in [-0.2, 0) is 0 Å². The third-order valence-corrected chi connectivity index (χ3v) is 11.3. The van der Waals surface area contributed by atoms with E-state index in [1.54, 1.807) is 0 Å². The Hall–Kier alpha value is -6.69. The van der Waals surface area contributed by atoms with Crippen LogP contribution in [0.15, 0.2) is 168 Å². The maximum absolute atomic E-state index is 6.47. The molecule has 0 N–H and O–H groups in total. The summed E-state index contributed by atoms with van der Waals surface area (Å²) in [7, 11) is 0. The first kappa shape index (κ1) is 29.1. The van der Waals surface area contributed by atoms with E-state index in [0.717, 1.165) is 44.2 Å². The molecule has 0 saturated heterocycles. The number of furan rings is 1. The van der Waals surface area contributed by atoms with Crippen molar-refractivity contribution in [3.05, 3.63) is 164 Å². The highest BCUT2D eigenvalue weighted by Gasteiger charge is 2.19. The van der Waals surface area contributed by atoms with Gasteiger partial charge in [0.1, 0.15) is 11.2 Å². The quantitative estimate of drug-likeness (QED) is 0.174. The van der Waals surface area contributed by atoms with Crippen LogP contribution >= 0.6 is 11.3 Å². The standard InChI is InChI=1S/C47H27N3OS/c1-2-10-30(11-3-1)45-48-46(33-20-19-29-18-17-28-9-4-5-12-34(28)38(29)26-33)50-47(49-45)37-14-8-15-41-44(37)39-25-31(22-24-40(39)51-41)32-21-23-36-35-13-6-7-16-42(35)52-43(36)27-32/h1-27H. The van der Waals surface area contributed by atoms with Crippen molar-refractivity contribution >= 4 is 75.0 Å². The second kappa shape index (κ2) is 11.4. The zero-order valence-corrected chi connectivity index (χ0v) is 28.6. The molecular weight excluding hydrogens is 655 g/mol. The smallest absolute Gasteiger partial charge is 0.164 e. The van der Waals surface area contributed by atoms with Gasteiger partial charge in [0.25, 0.3) is 0 Å². The van der Waals surface area contributed by atoms with Crippen molar-refractivity contribution in [3.8, 4) is 45.3 Å². The van der Waals surface area contributed by atoms with Gasteiger partial charge in [0.05, 0.1) is 0 Å². The highest BCUT2D eigenvalue weighted by atomic mass is 32.1. The van der Waals surface area contributed by atoms with Crippen LogP contribution in [0.25, 0.3) is 109 Å². The van der Waals surface area contributed by atoms with E-state index >= 15 is 0 Å². The second-order valence-electron chi connectivity index (χ2n) is 13.2. The molecule has 0 amide bonds. The molecule has 3 aromatic heterocycles. The molecule has 0 atom stereocenters. The van der Waals surface area contributed by atoms with Crippen molar-refractivity contribution in [2.45, 2.75) is 0 Å². The molecule has 3 heterocycles. The maximum atomic E-state index is 6.47. The molecule has 52 heavy (non-hydrogen) atoms. The number of hydrogen-bond acceptors (Lipinski definition) is 5. The van der Waals surface area contributed by atoms with Gasteiger partial charge in [-0.05, 0) is 69.1 Å². The van der Waals surface area contributed by atoms with Gasteiger partial charge < -0.3 is 4.42 Å². The van der Waals surface area contributed by atoms with Gasteiger partial charge in [0.15, 0.2) is 17.5 Å². The molecule has 0 fully saturated rings. The van der Waals surface area contributed by atoms with E-state index < -0.39 is 0 Å². The van der Waals surface area contributed by atoms with E-state index in [-0.39, 0.29) is 0 Å². The summed E-state index contributed by atoms with van der Waals surface area (Å²) < 4.78 is 9.05. The first-order valence-corrected chi connectivity index (χ1v) is 18.2. The molecule has 8 aromatic carbocycles. The molecular formula is C47H27N3OS. The fourth-order valence-electron chi connectivity index (χ4n) is 7.58. The Labute approximate surface area is 302 Å². The number of rotatable bonds is 4. The molecule has 0 aliphatic rings. The monoisotopic (exact) mass is 681 g/mol. The Kier molecular flexibility index (Phi) is 6.39. The molecule has 0 bridgehead atoms. The first-order chi connectivity index (χ1) is 25.7. The summed E-state index contributed by atoms with van der Waals surface area (Å²) in [6, 6.07) is 57.5. The van der Waals surface area contributed by atoms with Crippen LogP contribution < -0.4 is 0 Å². The van der Waals surface area contributed by atoms with Gasteiger partial charge in [0.2, 0.25) is 0 Å². The number of fused-ring (bicyclic) bond motifs is 9. The number of thiophene rings is 1. The Morgan fingerprint density at radius 3 is 1.92 bits per heavy atom. The molecule has 0 radical (unpaired) electrons. The molecule has 242 valence electrons. The fraction of sp³-hybridized carbons (Fsp3) is 0. The van der Waals surface area contributed by atoms with E-state index in [2.05, 4.69) is 121 Å². The van der Waals surface area contributed by atoms with E-state index in [1.165, 1.54) is 47.3 Å². The average molecular weight is 682 g/mol. The van der Waals surface area contributed by atoms with Crippen molar-refractivity contribution < 1.29 is 4.42 Å². The van der Waals surface area contributed by atoms with Gasteiger partial charge in [-0.2, -0.15) is 0 Å². The minimum absolute atomic E-state index is 0.604. The van der Waals surface area contributed by atoms with Gasteiger partial charge in [-0.1, -0.05) is 127 Å². The number of benzene rings is 8. The Morgan fingerprint density at radius 1 is 0.365 bits per heavy atom. The average Bonchev–Trinajstić information content (AvgIpc) is 3.78. The van der Waals surface area contributed by atoms with Crippen molar-refractivity contribution in [3.63, 3.8) is 0 Å². The first-order valence-electron chi connectivity index (χ1n) is 17.3. The SMILES string of the molecule is c1ccc(-c2nc(-c3ccc4ccc5ccccc5c4c3)nc(-c3cccc4oc5ccc(-c6ccc7c(c6)sc6ccccc67)cc5c34)n2)cc1. The third kappa shape index (κ3) is 4.64. The van der Waals surface area contributed by atoms with Crippen molar-refractivity contribution in [1.29, 1.82) is 0 Å². The summed E-state index contributed by atoms with van der Waals surface area (Å²) in [4.78, 5) is 15.4. The highest BCUT2D eigenvalue weighted by molar-refractivity contribution is 7.25. The Morgan fingerprint density at radius 2 is 1.02 bits per heavy atom. The summed E-state index contributed by atoms with van der Waals surface area (Å²) in [6.45, 7) is 0.